The van der Waals surface area contributed by atoms with Gasteiger partial charge in [0.05, 0.1) is 52.9 Å². The van der Waals surface area contributed by atoms with E-state index < -0.39 is 46.4 Å². The molecule has 0 N–H and O–H groups in total. The third-order valence-electron chi connectivity index (χ3n) is 10.1. The molecular weight excluding hydrogens is 866 g/mol. The average molecular weight is 921 g/mol. The lowest BCUT2D eigenvalue weighted by molar-refractivity contribution is -0.307. The van der Waals surface area contributed by atoms with Crippen LogP contribution in [0.2, 0.25) is 0 Å². The Morgan fingerprint density at radius 2 is 0.769 bits per heavy atom. The van der Waals surface area contributed by atoms with E-state index in [1.54, 1.807) is 6.08 Å². The Morgan fingerprint density at radius 1 is 0.431 bits per heavy atom. The lowest BCUT2D eigenvalue weighted by Gasteiger charge is -2.46. The van der Waals surface area contributed by atoms with Crippen LogP contribution in [0, 0.1) is 0 Å². The van der Waals surface area contributed by atoms with E-state index in [1.807, 2.05) is 182 Å². The number of rotatable bonds is 26. The predicted octanol–water partition coefficient (Wildman–Crippen LogP) is 11.6. The minimum atomic E-state index is -4.64. The highest BCUT2D eigenvalue weighted by Crippen LogP contribution is 2.58. The van der Waals surface area contributed by atoms with Gasteiger partial charge in [0.15, 0.2) is 6.29 Å². The van der Waals surface area contributed by atoms with Gasteiger partial charge in [-0.15, -0.1) is 6.58 Å². The summed E-state index contributed by atoms with van der Waals surface area (Å²) in [6.07, 6.45) is -4.88. The number of hydrogen-bond acceptors (Lipinski definition) is 12. The maximum atomic E-state index is 15.4. The minimum absolute atomic E-state index is 0.0389. The molecule has 1 heterocycles. The highest BCUT2D eigenvalue weighted by molar-refractivity contribution is 7.48. The first-order valence-corrected chi connectivity index (χ1v) is 24.2. The summed E-state index contributed by atoms with van der Waals surface area (Å²) in [6, 6.07) is 55.9. The second-order valence-corrected chi connectivity index (χ2v) is 18.2. The summed E-state index contributed by atoms with van der Waals surface area (Å²) in [6.45, 7) is 3.41. The molecule has 1 fully saturated rings. The molecule has 0 radical (unpaired) electrons. The van der Waals surface area contributed by atoms with Crippen molar-refractivity contribution in [1.82, 2.24) is 0 Å². The first kappa shape index (κ1) is 48.1. The summed E-state index contributed by atoms with van der Waals surface area (Å²) in [4.78, 5) is 0. The standard InChI is InChI=1S/C51H54O12P2/c1-2-33-55-51-50(56-35-42-23-11-4-12-24-42)49(63-65(53,59-38-45-29-17-7-18-30-45)60-39-46-31-19-8-20-32-46)48(47(61-51)40-54-34-41-21-9-3-10-22-41)62-64(52,57-36-43-25-13-5-14-26-43)58-37-44-27-15-6-16-28-44/h2-32,47-51H,1,33-40H2/t47-,48-,49+,50-,51+/m1/s1. The molecule has 0 spiro atoms. The summed E-state index contributed by atoms with van der Waals surface area (Å²) < 4.78 is 94.6. The molecule has 6 aromatic rings. The zero-order valence-corrected chi connectivity index (χ0v) is 37.7. The van der Waals surface area contributed by atoms with Gasteiger partial charge < -0.3 is 18.9 Å². The summed E-state index contributed by atoms with van der Waals surface area (Å²) in [5.41, 5.74) is 4.56. The van der Waals surface area contributed by atoms with Crippen LogP contribution in [0.5, 0.6) is 0 Å². The van der Waals surface area contributed by atoms with Crippen molar-refractivity contribution in [3.63, 3.8) is 0 Å². The monoisotopic (exact) mass is 920 g/mol. The molecule has 1 saturated heterocycles. The summed E-state index contributed by atoms with van der Waals surface area (Å²) >= 11 is 0. The van der Waals surface area contributed by atoms with Gasteiger partial charge in [-0.2, -0.15) is 0 Å². The van der Waals surface area contributed by atoms with E-state index in [2.05, 4.69) is 6.58 Å². The summed E-state index contributed by atoms with van der Waals surface area (Å²) in [5, 5.41) is 0. The van der Waals surface area contributed by atoms with Crippen molar-refractivity contribution < 1.29 is 55.2 Å². The van der Waals surface area contributed by atoms with E-state index >= 15 is 9.13 Å². The minimum Gasteiger partial charge on any atom is -0.374 e. The molecule has 1 aliphatic heterocycles. The van der Waals surface area contributed by atoms with E-state index in [4.69, 9.17) is 46.1 Å². The predicted molar refractivity (Wildman–Crippen MR) is 246 cm³/mol. The van der Waals surface area contributed by atoms with Crippen LogP contribution in [0.15, 0.2) is 195 Å². The van der Waals surface area contributed by atoms with Crippen molar-refractivity contribution in [2.24, 2.45) is 0 Å². The molecule has 7 rings (SSSR count). The van der Waals surface area contributed by atoms with Crippen LogP contribution in [0.4, 0.5) is 0 Å². The van der Waals surface area contributed by atoms with Crippen molar-refractivity contribution in [3.05, 3.63) is 228 Å². The molecule has 0 amide bonds. The van der Waals surface area contributed by atoms with Gasteiger partial charge in [-0.3, -0.25) is 27.1 Å². The Bertz CT molecular complexity index is 2270. The number of phosphoric ester groups is 2. The lowest BCUT2D eigenvalue weighted by atomic mass is 9.99. The van der Waals surface area contributed by atoms with E-state index in [-0.39, 0.29) is 52.9 Å². The molecule has 6 aromatic carbocycles. The molecule has 340 valence electrons. The van der Waals surface area contributed by atoms with E-state index in [0.29, 0.717) is 22.3 Å². The van der Waals surface area contributed by atoms with Crippen molar-refractivity contribution in [3.8, 4) is 0 Å². The van der Waals surface area contributed by atoms with Crippen LogP contribution < -0.4 is 0 Å². The SMILES string of the molecule is C=CCO[C@H]1O[C@H](COCc2ccccc2)[C@@H](OP(=O)(OCc2ccccc2)OCc2ccccc2)[C@H](OP(=O)(OCc2ccccc2)OCc2ccccc2)[C@H]1OCc1ccccc1. The smallest absolute Gasteiger partial charge is 0.374 e. The molecule has 0 saturated carbocycles. The Balaban J connectivity index is 1.30. The van der Waals surface area contributed by atoms with Gasteiger partial charge in [0.2, 0.25) is 0 Å². The zero-order valence-electron chi connectivity index (χ0n) is 35.9. The Labute approximate surface area is 381 Å². The lowest BCUT2D eigenvalue weighted by Crippen LogP contribution is -2.61. The van der Waals surface area contributed by atoms with Crippen LogP contribution in [0.3, 0.4) is 0 Å². The largest absolute Gasteiger partial charge is 0.475 e. The molecule has 12 nitrogen and oxygen atoms in total. The Hall–Kier alpha value is -4.88. The third-order valence-corrected chi connectivity index (χ3v) is 12.9. The molecular formula is C51H54O12P2. The van der Waals surface area contributed by atoms with Gasteiger partial charge in [0.1, 0.15) is 24.4 Å². The molecule has 14 heteroatoms. The van der Waals surface area contributed by atoms with Gasteiger partial charge in [0, 0.05) is 0 Å². The molecule has 5 atom stereocenters. The fourth-order valence-corrected chi connectivity index (χ4v) is 9.49. The molecule has 65 heavy (non-hydrogen) atoms. The number of benzene rings is 6. The molecule has 0 unspecified atom stereocenters. The summed E-state index contributed by atoms with van der Waals surface area (Å²) in [5.74, 6) is 0. The van der Waals surface area contributed by atoms with Crippen LogP contribution in [-0.4, -0.2) is 43.9 Å². The maximum absolute atomic E-state index is 15.4. The number of hydrogen-bond donors (Lipinski definition) is 0. The van der Waals surface area contributed by atoms with Crippen molar-refractivity contribution >= 4 is 15.6 Å². The normalized spacial score (nSPS) is 18.9. The molecule has 0 aromatic heterocycles. The fourth-order valence-electron chi connectivity index (χ4n) is 6.77. The zero-order chi connectivity index (χ0) is 45.0. The molecule has 0 aliphatic carbocycles. The third kappa shape index (κ3) is 15.3. The number of phosphoric acid groups is 2. The maximum Gasteiger partial charge on any atom is 0.475 e. The van der Waals surface area contributed by atoms with Crippen LogP contribution in [-0.2, 0) is 94.9 Å². The second kappa shape index (κ2) is 25.1. The molecule has 1 aliphatic rings. The Kier molecular flexibility index (Phi) is 18.6. The van der Waals surface area contributed by atoms with Gasteiger partial charge in [-0.05, 0) is 33.4 Å². The highest BCUT2D eigenvalue weighted by atomic mass is 31.2. The van der Waals surface area contributed by atoms with Gasteiger partial charge in [-0.25, -0.2) is 9.13 Å². The fraction of sp³-hybridized carbons (Fsp3) is 0.255. The highest BCUT2D eigenvalue weighted by Gasteiger charge is 2.55. The first-order valence-electron chi connectivity index (χ1n) is 21.3. The van der Waals surface area contributed by atoms with Crippen LogP contribution in [0.1, 0.15) is 33.4 Å². The van der Waals surface area contributed by atoms with Crippen molar-refractivity contribution in [2.75, 3.05) is 13.2 Å². The second-order valence-electron chi connectivity index (χ2n) is 15.0. The molecule has 0 bridgehead atoms. The average Bonchev–Trinajstić information content (AvgIpc) is 3.36. The van der Waals surface area contributed by atoms with E-state index in [9.17, 15) is 0 Å². The van der Waals surface area contributed by atoms with Gasteiger partial charge in [-0.1, -0.05) is 188 Å². The Morgan fingerprint density at radius 3 is 1.14 bits per heavy atom. The van der Waals surface area contributed by atoms with E-state index in [0.717, 1.165) is 11.1 Å². The van der Waals surface area contributed by atoms with Crippen molar-refractivity contribution in [2.45, 2.75) is 70.3 Å². The topological polar surface area (TPSA) is 126 Å². The number of ether oxygens (including phenoxy) is 4. The first-order chi connectivity index (χ1) is 31.9. The van der Waals surface area contributed by atoms with Gasteiger partial charge >= 0.3 is 15.6 Å². The summed E-state index contributed by atoms with van der Waals surface area (Å²) in [7, 11) is -9.26. The van der Waals surface area contributed by atoms with Crippen LogP contribution >= 0.6 is 15.6 Å². The van der Waals surface area contributed by atoms with Crippen molar-refractivity contribution in [1.29, 1.82) is 0 Å². The van der Waals surface area contributed by atoms with Crippen LogP contribution in [0.25, 0.3) is 0 Å². The quantitative estimate of drug-likeness (QED) is 0.0380. The van der Waals surface area contributed by atoms with E-state index in [1.165, 1.54) is 0 Å². The van der Waals surface area contributed by atoms with Gasteiger partial charge in [0.25, 0.3) is 0 Å².